The van der Waals surface area contributed by atoms with Crippen molar-refractivity contribution in [3.63, 3.8) is 0 Å². The molecule has 0 saturated heterocycles. The molecule has 1 amide bonds. The van der Waals surface area contributed by atoms with Crippen molar-refractivity contribution in [3.05, 3.63) is 29.3 Å². The van der Waals surface area contributed by atoms with Gasteiger partial charge in [0.25, 0.3) is 0 Å². The lowest BCUT2D eigenvalue weighted by molar-refractivity contribution is -0.117. The summed E-state index contributed by atoms with van der Waals surface area (Å²) in [5, 5.41) is 12.0. The molecule has 0 radical (unpaired) electrons. The lowest BCUT2D eigenvalue weighted by Gasteiger charge is -2.25. The van der Waals surface area contributed by atoms with E-state index in [0.717, 1.165) is 29.8 Å². The van der Waals surface area contributed by atoms with Crippen molar-refractivity contribution < 1.29 is 9.90 Å². The van der Waals surface area contributed by atoms with E-state index in [1.54, 1.807) is 0 Å². The first-order chi connectivity index (χ1) is 9.99. The predicted octanol–water partition coefficient (Wildman–Crippen LogP) is 2.59. The van der Waals surface area contributed by atoms with E-state index in [0.29, 0.717) is 13.0 Å². The van der Waals surface area contributed by atoms with Gasteiger partial charge in [0.2, 0.25) is 5.91 Å². The molecule has 0 spiro atoms. The van der Waals surface area contributed by atoms with Gasteiger partial charge in [-0.25, -0.2) is 0 Å². The van der Waals surface area contributed by atoms with Crippen LogP contribution in [0.2, 0.25) is 0 Å². The molecule has 0 bridgehead atoms. The van der Waals surface area contributed by atoms with Gasteiger partial charge in [0.05, 0.1) is 6.54 Å². The number of aliphatic hydroxyl groups excluding tert-OH is 1. The van der Waals surface area contributed by atoms with E-state index in [-0.39, 0.29) is 18.6 Å². The molecule has 118 valence electrons. The van der Waals surface area contributed by atoms with Gasteiger partial charge in [-0.3, -0.25) is 9.69 Å². The van der Waals surface area contributed by atoms with Gasteiger partial charge in [0.15, 0.2) is 0 Å². The maximum atomic E-state index is 12.3. The van der Waals surface area contributed by atoms with Gasteiger partial charge >= 0.3 is 0 Å². The minimum atomic E-state index is 0.00522. The second kappa shape index (κ2) is 8.80. The van der Waals surface area contributed by atoms with E-state index in [2.05, 4.69) is 37.1 Å². The van der Waals surface area contributed by atoms with Crippen LogP contribution in [-0.4, -0.2) is 41.7 Å². The number of nitrogens with one attached hydrogen (secondary N) is 1. The Hall–Kier alpha value is -1.39. The molecule has 0 atom stereocenters. The Balaban J connectivity index is 2.72. The highest BCUT2D eigenvalue weighted by Crippen LogP contribution is 2.21. The molecular formula is C17H28N2O2. The van der Waals surface area contributed by atoms with Crippen LogP contribution in [0.25, 0.3) is 0 Å². The molecule has 1 rings (SSSR count). The number of benzene rings is 1. The van der Waals surface area contributed by atoms with Crippen LogP contribution in [0.1, 0.15) is 38.3 Å². The third-order valence-electron chi connectivity index (χ3n) is 3.68. The van der Waals surface area contributed by atoms with Crippen LogP contribution in [-0.2, 0) is 11.2 Å². The molecule has 0 fully saturated rings. The van der Waals surface area contributed by atoms with Crippen molar-refractivity contribution in [1.29, 1.82) is 0 Å². The van der Waals surface area contributed by atoms with Crippen LogP contribution in [0.4, 0.5) is 5.69 Å². The Labute approximate surface area is 128 Å². The highest BCUT2D eigenvalue weighted by atomic mass is 16.3. The average Bonchev–Trinajstić information content (AvgIpc) is 2.45. The first-order valence-electron chi connectivity index (χ1n) is 7.72. The summed E-state index contributed by atoms with van der Waals surface area (Å²) in [6, 6.07) is 6.37. The monoisotopic (exact) mass is 292 g/mol. The molecule has 4 heteroatoms. The number of para-hydroxylation sites is 1. The van der Waals surface area contributed by atoms with Crippen LogP contribution in [0.15, 0.2) is 18.2 Å². The van der Waals surface area contributed by atoms with Gasteiger partial charge in [0.1, 0.15) is 0 Å². The Bertz CT molecular complexity index is 458. The van der Waals surface area contributed by atoms with Crippen molar-refractivity contribution in [2.24, 2.45) is 0 Å². The van der Waals surface area contributed by atoms with E-state index in [1.807, 2.05) is 19.1 Å². The Morgan fingerprint density at radius 1 is 1.38 bits per heavy atom. The zero-order chi connectivity index (χ0) is 15.8. The van der Waals surface area contributed by atoms with Crippen molar-refractivity contribution >= 4 is 11.6 Å². The zero-order valence-electron chi connectivity index (χ0n) is 13.6. The molecule has 4 nitrogen and oxygen atoms in total. The van der Waals surface area contributed by atoms with Gasteiger partial charge in [-0.15, -0.1) is 0 Å². The van der Waals surface area contributed by atoms with Crippen molar-refractivity contribution in [2.75, 3.05) is 25.0 Å². The second-order valence-corrected chi connectivity index (χ2v) is 5.65. The summed E-state index contributed by atoms with van der Waals surface area (Å²) < 4.78 is 0. The molecule has 2 N–H and O–H groups in total. The fourth-order valence-corrected chi connectivity index (χ4v) is 2.36. The number of anilines is 1. The SMILES string of the molecule is CCc1cccc(C)c1NC(=O)CN(CCCO)C(C)C. The van der Waals surface area contributed by atoms with Gasteiger partial charge in [-0.05, 0) is 44.7 Å². The Morgan fingerprint density at radius 3 is 2.67 bits per heavy atom. The molecule has 1 aromatic carbocycles. The van der Waals surface area contributed by atoms with Crippen molar-refractivity contribution in [1.82, 2.24) is 4.90 Å². The number of carbonyl (C=O) groups excluding carboxylic acids is 1. The molecule has 21 heavy (non-hydrogen) atoms. The van der Waals surface area contributed by atoms with Crippen molar-refractivity contribution in [3.8, 4) is 0 Å². The Kier molecular flexibility index (Phi) is 7.40. The predicted molar refractivity (Wildman–Crippen MR) is 87.6 cm³/mol. The van der Waals surface area contributed by atoms with E-state index in [9.17, 15) is 4.79 Å². The molecule has 0 saturated carbocycles. The van der Waals surface area contributed by atoms with Gasteiger partial charge in [-0.1, -0.05) is 25.1 Å². The number of rotatable bonds is 8. The first-order valence-corrected chi connectivity index (χ1v) is 7.72. The second-order valence-electron chi connectivity index (χ2n) is 5.65. The lowest BCUT2D eigenvalue weighted by Crippen LogP contribution is -2.39. The summed E-state index contributed by atoms with van der Waals surface area (Å²) in [5.41, 5.74) is 3.19. The number of amides is 1. The maximum Gasteiger partial charge on any atom is 0.238 e. The summed E-state index contributed by atoms with van der Waals surface area (Å²) in [4.78, 5) is 14.4. The maximum absolute atomic E-state index is 12.3. The minimum absolute atomic E-state index is 0.00522. The number of carbonyl (C=O) groups is 1. The topological polar surface area (TPSA) is 52.6 Å². The van der Waals surface area contributed by atoms with Crippen LogP contribution in [0.5, 0.6) is 0 Å². The smallest absolute Gasteiger partial charge is 0.238 e. The molecule has 1 aromatic rings. The molecule has 0 aliphatic rings. The third-order valence-corrected chi connectivity index (χ3v) is 3.68. The first kappa shape index (κ1) is 17.7. The quantitative estimate of drug-likeness (QED) is 0.774. The van der Waals surface area contributed by atoms with Crippen LogP contribution in [0, 0.1) is 6.92 Å². The molecule has 0 aromatic heterocycles. The number of nitrogens with zero attached hydrogens (tertiary/aromatic N) is 1. The fourth-order valence-electron chi connectivity index (χ4n) is 2.36. The molecule has 0 heterocycles. The number of hydrogen-bond donors (Lipinski definition) is 2. The van der Waals surface area contributed by atoms with Gasteiger partial charge in [-0.2, -0.15) is 0 Å². The summed E-state index contributed by atoms with van der Waals surface area (Å²) in [5.74, 6) is 0.00522. The van der Waals surface area contributed by atoms with Crippen molar-refractivity contribution in [2.45, 2.75) is 46.6 Å². The van der Waals surface area contributed by atoms with E-state index in [4.69, 9.17) is 5.11 Å². The zero-order valence-corrected chi connectivity index (χ0v) is 13.6. The van der Waals surface area contributed by atoms with Crippen LogP contribution in [0.3, 0.4) is 0 Å². The molecule has 0 unspecified atom stereocenters. The van der Waals surface area contributed by atoms with Gasteiger partial charge in [0, 0.05) is 24.9 Å². The molecule has 0 aliphatic carbocycles. The van der Waals surface area contributed by atoms with E-state index < -0.39 is 0 Å². The number of hydrogen-bond acceptors (Lipinski definition) is 3. The summed E-state index contributed by atoms with van der Waals surface area (Å²) >= 11 is 0. The minimum Gasteiger partial charge on any atom is -0.396 e. The van der Waals surface area contributed by atoms with Crippen LogP contribution < -0.4 is 5.32 Å². The van der Waals surface area contributed by atoms with Crippen LogP contribution >= 0.6 is 0 Å². The van der Waals surface area contributed by atoms with E-state index >= 15 is 0 Å². The molecular weight excluding hydrogens is 264 g/mol. The lowest BCUT2D eigenvalue weighted by atomic mass is 10.1. The largest absolute Gasteiger partial charge is 0.396 e. The summed E-state index contributed by atoms with van der Waals surface area (Å²) in [6.45, 7) is 9.48. The highest BCUT2D eigenvalue weighted by molar-refractivity contribution is 5.93. The summed E-state index contributed by atoms with van der Waals surface area (Å²) in [6.07, 6.45) is 1.59. The Morgan fingerprint density at radius 2 is 2.10 bits per heavy atom. The third kappa shape index (κ3) is 5.48. The van der Waals surface area contributed by atoms with E-state index in [1.165, 1.54) is 0 Å². The fraction of sp³-hybridized carbons (Fsp3) is 0.588. The average molecular weight is 292 g/mol. The normalized spacial score (nSPS) is 11.2. The standard InChI is InChI=1S/C17H28N2O2/c1-5-15-9-6-8-14(4)17(15)18-16(21)12-19(13(2)3)10-7-11-20/h6,8-9,13,20H,5,7,10-12H2,1-4H3,(H,18,21). The highest BCUT2D eigenvalue weighted by Gasteiger charge is 2.15. The summed E-state index contributed by atoms with van der Waals surface area (Å²) in [7, 11) is 0. The van der Waals surface area contributed by atoms with Gasteiger partial charge < -0.3 is 10.4 Å². The number of aryl methyl sites for hydroxylation is 2. The number of aliphatic hydroxyl groups is 1. The molecule has 0 aliphatic heterocycles.